The number of anilines is 1. The summed E-state index contributed by atoms with van der Waals surface area (Å²) in [7, 11) is 0. The van der Waals surface area contributed by atoms with Crippen molar-refractivity contribution < 1.29 is 0 Å². The molecular formula is C24H43NS. The van der Waals surface area contributed by atoms with Crippen molar-refractivity contribution in [3.8, 4) is 0 Å². The van der Waals surface area contributed by atoms with Gasteiger partial charge in [-0.25, -0.2) is 0 Å². The quantitative estimate of drug-likeness (QED) is 0.157. The largest absolute Gasteiger partial charge is 0.398 e. The number of para-hydroxylation sites is 1. The number of nitrogens with two attached hydrogens (primary N) is 1. The Morgan fingerprint density at radius 2 is 1.04 bits per heavy atom. The van der Waals surface area contributed by atoms with Crippen molar-refractivity contribution in [1.82, 2.24) is 0 Å². The zero-order valence-corrected chi connectivity index (χ0v) is 18.1. The van der Waals surface area contributed by atoms with Gasteiger partial charge in [0.05, 0.1) is 0 Å². The summed E-state index contributed by atoms with van der Waals surface area (Å²) in [6.45, 7) is 2.29. The second kappa shape index (κ2) is 17.8. The minimum absolute atomic E-state index is 0.925. The second-order valence-corrected chi connectivity index (χ2v) is 8.83. The molecule has 26 heavy (non-hydrogen) atoms. The van der Waals surface area contributed by atoms with Crippen LogP contribution in [0.25, 0.3) is 0 Å². The monoisotopic (exact) mass is 377 g/mol. The van der Waals surface area contributed by atoms with Crippen molar-refractivity contribution in [2.45, 2.75) is 115 Å². The Bertz CT molecular complexity index is 418. The lowest BCUT2D eigenvalue weighted by Gasteiger charge is -2.05. The van der Waals surface area contributed by atoms with Crippen molar-refractivity contribution in [3.63, 3.8) is 0 Å². The summed E-state index contributed by atoms with van der Waals surface area (Å²) in [6, 6.07) is 8.21. The molecule has 0 aromatic heterocycles. The molecule has 2 heteroatoms. The smallest absolute Gasteiger partial charge is 0.0452 e. The molecule has 1 rings (SSSR count). The van der Waals surface area contributed by atoms with Gasteiger partial charge in [-0.2, -0.15) is 0 Å². The molecule has 0 aliphatic rings. The van der Waals surface area contributed by atoms with Gasteiger partial charge in [0.15, 0.2) is 0 Å². The molecule has 0 saturated heterocycles. The first kappa shape index (κ1) is 23.4. The number of nitrogen functional groups attached to an aromatic ring is 1. The van der Waals surface area contributed by atoms with E-state index in [1.807, 2.05) is 23.9 Å². The molecule has 0 radical (unpaired) electrons. The van der Waals surface area contributed by atoms with Crippen LogP contribution in [0.4, 0.5) is 5.69 Å². The van der Waals surface area contributed by atoms with Gasteiger partial charge in [0.1, 0.15) is 0 Å². The van der Waals surface area contributed by atoms with E-state index in [4.69, 9.17) is 5.73 Å². The minimum Gasteiger partial charge on any atom is -0.398 e. The van der Waals surface area contributed by atoms with Crippen LogP contribution >= 0.6 is 11.8 Å². The fraction of sp³-hybridized carbons (Fsp3) is 0.750. The molecule has 0 atom stereocenters. The Labute approximate surface area is 167 Å². The lowest BCUT2D eigenvalue weighted by Crippen LogP contribution is -1.89. The van der Waals surface area contributed by atoms with Crippen LogP contribution in [0.1, 0.15) is 110 Å². The highest BCUT2D eigenvalue weighted by Gasteiger charge is 1.98. The number of hydrogen-bond donors (Lipinski definition) is 1. The predicted octanol–water partition coefficient (Wildman–Crippen LogP) is 8.62. The van der Waals surface area contributed by atoms with Gasteiger partial charge in [-0.1, -0.05) is 115 Å². The van der Waals surface area contributed by atoms with Crippen LogP contribution in [0.15, 0.2) is 29.2 Å². The third-order valence-electron chi connectivity index (χ3n) is 5.17. The highest BCUT2D eigenvalue weighted by Crippen LogP contribution is 2.25. The summed E-state index contributed by atoms with van der Waals surface area (Å²) in [5.41, 5.74) is 6.90. The predicted molar refractivity (Wildman–Crippen MR) is 121 cm³/mol. The van der Waals surface area contributed by atoms with Crippen molar-refractivity contribution in [2.24, 2.45) is 0 Å². The minimum atomic E-state index is 0.925. The normalized spacial score (nSPS) is 11.1. The third kappa shape index (κ3) is 13.6. The van der Waals surface area contributed by atoms with E-state index in [-0.39, 0.29) is 0 Å². The maximum absolute atomic E-state index is 5.97. The van der Waals surface area contributed by atoms with Gasteiger partial charge in [0.25, 0.3) is 0 Å². The number of thioether (sulfide) groups is 1. The average Bonchev–Trinajstić information content (AvgIpc) is 2.65. The summed E-state index contributed by atoms with van der Waals surface area (Å²) >= 11 is 1.91. The molecule has 0 fully saturated rings. The molecule has 0 aliphatic carbocycles. The van der Waals surface area contributed by atoms with Gasteiger partial charge in [0, 0.05) is 10.6 Å². The summed E-state index contributed by atoms with van der Waals surface area (Å²) in [4.78, 5) is 1.24. The second-order valence-electron chi connectivity index (χ2n) is 7.69. The zero-order valence-electron chi connectivity index (χ0n) is 17.3. The number of benzene rings is 1. The van der Waals surface area contributed by atoms with E-state index in [1.165, 1.54) is 113 Å². The van der Waals surface area contributed by atoms with Crippen LogP contribution < -0.4 is 5.73 Å². The van der Waals surface area contributed by atoms with Crippen molar-refractivity contribution in [1.29, 1.82) is 0 Å². The molecule has 1 aromatic rings. The molecular weight excluding hydrogens is 334 g/mol. The first-order valence-corrected chi connectivity index (χ1v) is 12.3. The maximum Gasteiger partial charge on any atom is 0.0452 e. The van der Waals surface area contributed by atoms with Crippen molar-refractivity contribution in [3.05, 3.63) is 24.3 Å². The SMILES string of the molecule is CCCCCCCCCCCCCCCCCCSc1ccccc1N. The number of rotatable bonds is 18. The van der Waals surface area contributed by atoms with E-state index >= 15 is 0 Å². The van der Waals surface area contributed by atoms with Crippen LogP contribution in [0.2, 0.25) is 0 Å². The third-order valence-corrected chi connectivity index (χ3v) is 6.35. The van der Waals surface area contributed by atoms with Gasteiger partial charge < -0.3 is 5.73 Å². The van der Waals surface area contributed by atoms with E-state index < -0.39 is 0 Å². The number of unbranched alkanes of at least 4 members (excludes halogenated alkanes) is 15. The summed E-state index contributed by atoms with van der Waals surface area (Å²) in [5, 5.41) is 0. The summed E-state index contributed by atoms with van der Waals surface area (Å²) < 4.78 is 0. The topological polar surface area (TPSA) is 26.0 Å². The molecule has 0 bridgehead atoms. The fourth-order valence-electron chi connectivity index (χ4n) is 3.44. The van der Waals surface area contributed by atoms with E-state index in [9.17, 15) is 0 Å². The fourth-order valence-corrected chi connectivity index (χ4v) is 4.42. The lowest BCUT2D eigenvalue weighted by atomic mass is 10.0. The summed E-state index contributed by atoms with van der Waals surface area (Å²) in [5.74, 6) is 1.20. The first-order chi connectivity index (χ1) is 12.8. The van der Waals surface area contributed by atoms with Crippen molar-refractivity contribution >= 4 is 17.4 Å². The Morgan fingerprint density at radius 3 is 1.50 bits per heavy atom. The Hall–Kier alpha value is -0.630. The lowest BCUT2D eigenvalue weighted by molar-refractivity contribution is 0.532. The van der Waals surface area contributed by atoms with E-state index in [2.05, 4.69) is 19.1 Å². The van der Waals surface area contributed by atoms with Crippen LogP contribution in [-0.2, 0) is 0 Å². The molecule has 2 N–H and O–H groups in total. The molecule has 1 aromatic carbocycles. The van der Waals surface area contributed by atoms with Crippen LogP contribution in [0, 0.1) is 0 Å². The van der Waals surface area contributed by atoms with Gasteiger partial charge >= 0.3 is 0 Å². The van der Waals surface area contributed by atoms with Gasteiger partial charge in [-0.3, -0.25) is 0 Å². The molecule has 0 unspecified atom stereocenters. The number of hydrogen-bond acceptors (Lipinski definition) is 2. The van der Waals surface area contributed by atoms with Crippen LogP contribution in [-0.4, -0.2) is 5.75 Å². The summed E-state index contributed by atoms with van der Waals surface area (Å²) in [6.07, 6.45) is 22.9. The molecule has 1 nitrogen and oxygen atoms in total. The molecule has 0 spiro atoms. The van der Waals surface area contributed by atoms with E-state index in [1.54, 1.807) is 0 Å². The maximum atomic E-state index is 5.97. The van der Waals surface area contributed by atoms with E-state index in [0.717, 1.165) is 5.69 Å². The Kier molecular flexibility index (Phi) is 16.0. The van der Waals surface area contributed by atoms with Crippen molar-refractivity contribution in [2.75, 3.05) is 11.5 Å². The standard InChI is InChI=1S/C24H43NS/c1-2-3-4-5-6-7-8-9-10-11-12-13-14-15-16-19-22-26-24-21-18-17-20-23(24)25/h17-18,20-21H,2-16,19,22,25H2,1H3. The average molecular weight is 378 g/mol. The van der Waals surface area contributed by atoms with E-state index in [0.29, 0.717) is 0 Å². The Morgan fingerprint density at radius 1 is 0.615 bits per heavy atom. The van der Waals surface area contributed by atoms with Gasteiger partial charge in [-0.15, -0.1) is 11.8 Å². The Balaban J connectivity index is 1.74. The van der Waals surface area contributed by atoms with Crippen LogP contribution in [0.5, 0.6) is 0 Å². The molecule has 0 saturated carbocycles. The molecule has 0 heterocycles. The van der Waals surface area contributed by atoms with Gasteiger partial charge in [-0.05, 0) is 24.3 Å². The molecule has 0 aliphatic heterocycles. The van der Waals surface area contributed by atoms with Gasteiger partial charge in [0.2, 0.25) is 0 Å². The highest BCUT2D eigenvalue weighted by molar-refractivity contribution is 7.99. The van der Waals surface area contributed by atoms with Crippen LogP contribution in [0.3, 0.4) is 0 Å². The molecule has 0 amide bonds. The highest BCUT2D eigenvalue weighted by atomic mass is 32.2. The first-order valence-electron chi connectivity index (χ1n) is 11.3. The zero-order chi connectivity index (χ0) is 18.7. The molecule has 150 valence electrons.